The van der Waals surface area contributed by atoms with E-state index < -0.39 is 0 Å². The normalized spacial score (nSPS) is 10.9. The molecule has 1 heterocycles. The first kappa shape index (κ1) is 20.9. The number of aromatic nitrogens is 2. The molecule has 0 aliphatic heterocycles. The Morgan fingerprint density at radius 1 is 1.10 bits per heavy atom. The monoisotopic (exact) mass is 411 g/mol. The molecular formula is C22H25N3O3S. The van der Waals surface area contributed by atoms with Crippen LogP contribution in [0.1, 0.15) is 43.7 Å². The van der Waals surface area contributed by atoms with Gasteiger partial charge >= 0.3 is 0 Å². The molecule has 0 aliphatic carbocycles. The molecule has 7 heteroatoms. The third-order valence-corrected chi connectivity index (χ3v) is 5.15. The molecule has 1 N–H and O–H groups in total. The standard InChI is InChI=1S/C22H25N3O3S/c1-4-16-5-9-18(10-6-16)23-20(26)14-29-22-25-24-21(28-22)13-27-19-11-7-17(8-12-19)15(2)3/h5-12,15H,4,13-14H2,1-3H3,(H,23,26). The Balaban J connectivity index is 1.44. The summed E-state index contributed by atoms with van der Waals surface area (Å²) in [6.45, 7) is 6.58. The number of nitrogens with one attached hydrogen (secondary N) is 1. The van der Waals surface area contributed by atoms with Crippen molar-refractivity contribution in [1.29, 1.82) is 0 Å². The van der Waals surface area contributed by atoms with Gasteiger partial charge in [0.15, 0.2) is 6.61 Å². The third-order valence-electron chi connectivity index (χ3n) is 4.33. The van der Waals surface area contributed by atoms with E-state index in [9.17, 15) is 4.79 Å². The number of rotatable bonds is 9. The molecule has 0 fully saturated rings. The van der Waals surface area contributed by atoms with Gasteiger partial charge in [-0.1, -0.05) is 56.8 Å². The first-order valence-corrected chi connectivity index (χ1v) is 10.6. The van der Waals surface area contributed by atoms with Gasteiger partial charge in [-0.3, -0.25) is 4.79 Å². The van der Waals surface area contributed by atoms with Crippen molar-refractivity contribution in [2.75, 3.05) is 11.1 Å². The summed E-state index contributed by atoms with van der Waals surface area (Å²) in [5.41, 5.74) is 3.26. The van der Waals surface area contributed by atoms with Crippen LogP contribution in [-0.2, 0) is 17.8 Å². The predicted molar refractivity (Wildman–Crippen MR) is 114 cm³/mol. The van der Waals surface area contributed by atoms with Crippen LogP contribution in [0, 0.1) is 0 Å². The van der Waals surface area contributed by atoms with E-state index in [2.05, 4.69) is 36.3 Å². The van der Waals surface area contributed by atoms with E-state index in [-0.39, 0.29) is 18.3 Å². The van der Waals surface area contributed by atoms with E-state index in [4.69, 9.17) is 9.15 Å². The van der Waals surface area contributed by atoms with Gasteiger partial charge in [-0.15, -0.1) is 10.2 Å². The van der Waals surface area contributed by atoms with E-state index in [0.717, 1.165) is 17.9 Å². The Morgan fingerprint density at radius 3 is 2.48 bits per heavy atom. The molecule has 0 aliphatic rings. The number of aryl methyl sites for hydroxylation is 1. The van der Waals surface area contributed by atoms with Crippen molar-refractivity contribution in [1.82, 2.24) is 10.2 Å². The lowest BCUT2D eigenvalue weighted by Crippen LogP contribution is -2.13. The largest absolute Gasteiger partial charge is 0.484 e. The second kappa shape index (κ2) is 10.1. The molecule has 0 unspecified atom stereocenters. The maximum atomic E-state index is 12.1. The lowest BCUT2D eigenvalue weighted by Gasteiger charge is -2.07. The number of hydrogen-bond donors (Lipinski definition) is 1. The number of amides is 1. The van der Waals surface area contributed by atoms with Gasteiger partial charge in [0.2, 0.25) is 5.91 Å². The molecule has 3 rings (SSSR count). The molecule has 3 aromatic rings. The molecule has 152 valence electrons. The van der Waals surface area contributed by atoms with Gasteiger partial charge in [0, 0.05) is 5.69 Å². The Kier molecular flexibility index (Phi) is 7.30. The number of thioether (sulfide) groups is 1. The molecule has 2 aromatic carbocycles. The Morgan fingerprint density at radius 2 is 1.83 bits per heavy atom. The Hall–Kier alpha value is -2.80. The number of anilines is 1. The highest BCUT2D eigenvalue weighted by Crippen LogP contribution is 2.21. The molecule has 1 amide bonds. The zero-order valence-electron chi connectivity index (χ0n) is 16.8. The van der Waals surface area contributed by atoms with Crippen molar-refractivity contribution in [3.05, 3.63) is 65.5 Å². The number of carbonyl (C=O) groups is 1. The molecule has 0 spiro atoms. The lowest BCUT2D eigenvalue weighted by atomic mass is 10.0. The number of nitrogens with zero attached hydrogens (tertiary/aromatic N) is 2. The SMILES string of the molecule is CCc1ccc(NC(=O)CSc2nnc(COc3ccc(C(C)C)cc3)o2)cc1. The van der Waals surface area contributed by atoms with Gasteiger partial charge in [-0.05, 0) is 47.7 Å². The summed E-state index contributed by atoms with van der Waals surface area (Å²) in [4.78, 5) is 12.1. The number of ether oxygens (including phenoxy) is 1. The predicted octanol–water partition coefficient (Wildman–Crippen LogP) is 5.07. The van der Waals surface area contributed by atoms with Crippen molar-refractivity contribution in [3.63, 3.8) is 0 Å². The average molecular weight is 412 g/mol. The van der Waals surface area contributed by atoms with Crippen molar-refractivity contribution in [2.45, 2.75) is 44.9 Å². The van der Waals surface area contributed by atoms with Crippen LogP contribution in [0.3, 0.4) is 0 Å². The van der Waals surface area contributed by atoms with E-state index in [1.165, 1.54) is 22.9 Å². The van der Waals surface area contributed by atoms with Crippen LogP contribution in [0.2, 0.25) is 0 Å². The van der Waals surface area contributed by atoms with Crippen molar-refractivity contribution in [3.8, 4) is 5.75 Å². The molecule has 6 nitrogen and oxygen atoms in total. The van der Waals surface area contributed by atoms with Gasteiger partial charge < -0.3 is 14.5 Å². The maximum Gasteiger partial charge on any atom is 0.277 e. The number of hydrogen-bond acceptors (Lipinski definition) is 6. The van der Waals surface area contributed by atoms with Crippen LogP contribution in [0.4, 0.5) is 5.69 Å². The summed E-state index contributed by atoms with van der Waals surface area (Å²) in [6, 6.07) is 15.8. The molecule has 1 aromatic heterocycles. The molecule has 0 saturated heterocycles. The molecule has 0 saturated carbocycles. The summed E-state index contributed by atoms with van der Waals surface area (Å²) < 4.78 is 11.2. The van der Waals surface area contributed by atoms with Gasteiger partial charge in [0.25, 0.3) is 11.1 Å². The highest BCUT2D eigenvalue weighted by molar-refractivity contribution is 7.99. The van der Waals surface area contributed by atoms with Gasteiger partial charge in [0.1, 0.15) is 5.75 Å². The van der Waals surface area contributed by atoms with Crippen LogP contribution in [0.5, 0.6) is 5.75 Å². The number of carbonyl (C=O) groups excluding carboxylic acids is 1. The van der Waals surface area contributed by atoms with E-state index in [1.54, 1.807) is 0 Å². The minimum absolute atomic E-state index is 0.125. The maximum absolute atomic E-state index is 12.1. The van der Waals surface area contributed by atoms with Crippen LogP contribution in [0.15, 0.2) is 58.2 Å². The molecule has 0 radical (unpaired) electrons. The van der Waals surface area contributed by atoms with Crippen molar-refractivity contribution < 1.29 is 13.9 Å². The summed E-state index contributed by atoms with van der Waals surface area (Å²) >= 11 is 1.20. The zero-order valence-corrected chi connectivity index (χ0v) is 17.7. The first-order valence-electron chi connectivity index (χ1n) is 9.60. The smallest absolute Gasteiger partial charge is 0.277 e. The Labute approximate surface area is 175 Å². The van der Waals surface area contributed by atoms with Crippen LogP contribution >= 0.6 is 11.8 Å². The van der Waals surface area contributed by atoms with Gasteiger partial charge in [0.05, 0.1) is 5.75 Å². The minimum Gasteiger partial charge on any atom is -0.484 e. The number of benzene rings is 2. The van der Waals surface area contributed by atoms with Gasteiger partial charge in [-0.2, -0.15) is 0 Å². The van der Waals surface area contributed by atoms with Crippen molar-refractivity contribution >= 4 is 23.4 Å². The molecule has 29 heavy (non-hydrogen) atoms. The summed E-state index contributed by atoms with van der Waals surface area (Å²) in [6.07, 6.45) is 0.969. The second-order valence-corrected chi connectivity index (χ2v) is 7.79. The van der Waals surface area contributed by atoms with Crippen LogP contribution in [-0.4, -0.2) is 21.9 Å². The Bertz CT molecular complexity index is 921. The third kappa shape index (κ3) is 6.35. The van der Waals surface area contributed by atoms with Crippen LogP contribution < -0.4 is 10.1 Å². The summed E-state index contributed by atoms with van der Waals surface area (Å²) in [5.74, 6) is 1.66. The molecule has 0 bridgehead atoms. The average Bonchev–Trinajstić information content (AvgIpc) is 3.19. The fourth-order valence-electron chi connectivity index (χ4n) is 2.60. The van der Waals surface area contributed by atoms with Crippen molar-refractivity contribution in [2.24, 2.45) is 0 Å². The summed E-state index contributed by atoms with van der Waals surface area (Å²) in [7, 11) is 0. The highest BCUT2D eigenvalue weighted by Gasteiger charge is 2.11. The lowest BCUT2D eigenvalue weighted by molar-refractivity contribution is -0.113. The minimum atomic E-state index is -0.125. The van der Waals surface area contributed by atoms with E-state index >= 15 is 0 Å². The fourth-order valence-corrected chi connectivity index (χ4v) is 3.18. The van der Waals surface area contributed by atoms with E-state index in [0.29, 0.717) is 17.0 Å². The summed E-state index contributed by atoms with van der Waals surface area (Å²) in [5, 5.41) is 11.1. The first-order chi connectivity index (χ1) is 14.0. The fraction of sp³-hybridized carbons (Fsp3) is 0.318. The second-order valence-electron chi connectivity index (χ2n) is 6.86. The molecule has 0 atom stereocenters. The molecular weight excluding hydrogens is 386 g/mol. The zero-order chi connectivity index (χ0) is 20.6. The highest BCUT2D eigenvalue weighted by atomic mass is 32.2. The van der Waals surface area contributed by atoms with Gasteiger partial charge in [-0.25, -0.2) is 0 Å². The van der Waals surface area contributed by atoms with Crippen LogP contribution in [0.25, 0.3) is 0 Å². The van der Waals surface area contributed by atoms with E-state index in [1.807, 2.05) is 48.5 Å². The quantitative estimate of drug-likeness (QED) is 0.496. The topological polar surface area (TPSA) is 77.2 Å².